The minimum atomic E-state index is -0.0437. The molecule has 2 aromatic rings. The van der Waals surface area contributed by atoms with Crippen molar-refractivity contribution in [1.82, 2.24) is 0 Å². The molecule has 0 saturated heterocycles. The Morgan fingerprint density at radius 3 is 2.48 bits per heavy atom. The van der Waals surface area contributed by atoms with Crippen LogP contribution >= 0.6 is 0 Å². The van der Waals surface area contributed by atoms with Gasteiger partial charge in [0.25, 0.3) is 0 Å². The summed E-state index contributed by atoms with van der Waals surface area (Å²) in [6.07, 6.45) is 6.46. The highest BCUT2D eigenvalue weighted by Crippen LogP contribution is 2.37. The molecule has 1 saturated carbocycles. The van der Waals surface area contributed by atoms with E-state index in [1.165, 1.54) is 5.56 Å². The fourth-order valence-electron chi connectivity index (χ4n) is 4.11. The van der Waals surface area contributed by atoms with Crippen molar-refractivity contribution in [1.29, 1.82) is 0 Å². The number of Topliss-reactive ketones (excluding diaryl/α,β-unsaturated/α-hetero) is 1. The second-order valence-corrected chi connectivity index (χ2v) is 7.44. The van der Waals surface area contributed by atoms with Crippen LogP contribution in [0.4, 0.5) is 0 Å². The highest BCUT2D eigenvalue weighted by molar-refractivity contribution is 6.22. The van der Waals surface area contributed by atoms with Crippen LogP contribution in [-0.2, 0) is 20.7 Å². The SMILES string of the molecule is O=C1C(c2ccccc2)=COC2CC(OCCCc3ccccc3)CCC12. The Balaban J connectivity index is 1.28. The molecule has 0 N–H and O–H groups in total. The summed E-state index contributed by atoms with van der Waals surface area (Å²) in [7, 11) is 0. The molecule has 0 spiro atoms. The summed E-state index contributed by atoms with van der Waals surface area (Å²) in [5.41, 5.74) is 3.00. The van der Waals surface area contributed by atoms with Gasteiger partial charge in [-0.2, -0.15) is 0 Å². The molecule has 3 nitrogen and oxygen atoms in total. The first-order valence-electron chi connectivity index (χ1n) is 9.92. The van der Waals surface area contributed by atoms with Gasteiger partial charge >= 0.3 is 0 Å². The van der Waals surface area contributed by atoms with Crippen molar-refractivity contribution in [2.24, 2.45) is 5.92 Å². The number of carbonyl (C=O) groups excluding carboxylic acids is 1. The number of carbonyl (C=O) groups is 1. The fourth-order valence-corrected chi connectivity index (χ4v) is 4.11. The van der Waals surface area contributed by atoms with Gasteiger partial charge in [0.2, 0.25) is 0 Å². The van der Waals surface area contributed by atoms with Gasteiger partial charge in [0.1, 0.15) is 6.10 Å². The van der Waals surface area contributed by atoms with E-state index in [-0.39, 0.29) is 23.9 Å². The van der Waals surface area contributed by atoms with Crippen molar-refractivity contribution < 1.29 is 14.3 Å². The van der Waals surface area contributed by atoms with Crippen LogP contribution in [0.15, 0.2) is 66.9 Å². The third-order valence-corrected chi connectivity index (χ3v) is 5.60. The normalized spacial score (nSPS) is 24.7. The van der Waals surface area contributed by atoms with Crippen LogP contribution in [0.1, 0.15) is 36.8 Å². The van der Waals surface area contributed by atoms with E-state index >= 15 is 0 Å². The molecule has 3 unspecified atom stereocenters. The van der Waals surface area contributed by atoms with E-state index in [0.717, 1.165) is 44.3 Å². The summed E-state index contributed by atoms with van der Waals surface area (Å²) in [5.74, 6) is 0.189. The lowest BCUT2D eigenvalue weighted by Gasteiger charge is -2.37. The molecular weight excluding hydrogens is 336 g/mol. The molecule has 27 heavy (non-hydrogen) atoms. The molecule has 1 aliphatic heterocycles. The molecule has 3 heteroatoms. The second-order valence-electron chi connectivity index (χ2n) is 7.44. The predicted molar refractivity (Wildman–Crippen MR) is 106 cm³/mol. The molecule has 0 radical (unpaired) electrons. The number of rotatable bonds is 6. The van der Waals surface area contributed by atoms with Crippen LogP contribution in [0.25, 0.3) is 5.57 Å². The summed E-state index contributed by atoms with van der Waals surface area (Å²) in [5, 5.41) is 0. The van der Waals surface area contributed by atoms with Crippen molar-refractivity contribution in [3.05, 3.63) is 78.1 Å². The van der Waals surface area contributed by atoms with Gasteiger partial charge in [-0.1, -0.05) is 60.7 Å². The highest BCUT2D eigenvalue weighted by atomic mass is 16.5. The highest BCUT2D eigenvalue weighted by Gasteiger charge is 2.40. The minimum absolute atomic E-state index is 0.0330. The third kappa shape index (κ3) is 4.30. The molecule has 2 aromatic carbocycles. The summed E-state index contributed by atoms with van der Waals surface area (Å²) < 4.78 is 12.1. The Morgan fingerprint density at radius 1 is 0.963 bits per heavy atom. The van der Waals surface area contributed by atoms with Crippen LogP contribution in [0.3, 0.4) is 0 Å². The maximum absolute atomic E-state index is 12.9. The summed E-state index contributed by atoms with van der Waals surface area (Å²) in [6.45, 7) is 0.760. The topological polar surface area (TPSA) is 35.5 Å². The molecule has 4 rings (SSSR count). The zero-order chi connectivity index (χ0) is 18.5. The summed E-state index contributed by atoms with van der Waals surface area (Å²) in [6, 6.07) is 20.3. The van der Waals surface area contributed by atoms with E-state index < -0.39 is 0 Å². The van der Waals surface area contributed by atoms with Crippen molar-refractivity contribution in [2.45, 2.75) is 44.3 Å². The zero-order valence-electron chi connectivity index (χ0n) is 15.6. The van der Waals surface area contributed by atoms with Gasteiger partial charge in [0.15, 0.2) is 5.78 Å². The number of fused-ring (bicyclic) bond motifs is 1. The average molecular weight is 362 g/mol. The maximum Gasteiger partial charge on any atom is 0.173 e. The first-order valence-corrected chi connectivity index (χ1v) is 9.92. The molecular formula is C24H26O3. The first-order chi connectivity index (χ1) is 13.3. The van der Waals surface area contributed by atoms with Gasteiger partial charge in [-0.15, -0.1) is 0 Å². The second kappa shape index (κ2) is 8.53. The Labute approximate surface area is 161 Å². The summed E-state index contributed by atoms with van der Waals surface area (Å²) in [4.78, 5) is 12.9. The lowest BCUT2D eigenvalue weighted by molar-refractivity contribution is -0.128. The molecule has 1 fully saturated rings. The molecule has 1 aliphatic carbocycles. The smallest absolute Gasteiger partial charge is 0.173 e. The van der Waals surface area contributed by atoms with Crippen molar-refractivity contribution in [3.63, 3.8) is 0 Å². The number of ketones is 1. The Kier molecular flexibility index (Phi) is 5.69. The van der Waals surface area contributed by atoms with Gasteiger partial charge in [0, 0.05) is 13.0 Å². The lowest BCUT2D eigenvalue weighted by atomic mass is 9.78. The van der Waals surface area contributed by atoms with Gasteiger partial charge < -0.3 is 9.47 Å². The predicted octanol–water partition coefficient (Wildman–Crippen LogP) is 4.81. The standard InChI is InChI=1S/C24H26O3/c25-24-21-14-13-20(26-15-7-10-18-8-3-1-4-9-18)16-23(21)27-17-22(24)19-11-5-2-6-12-19/h1-6,8-9,11-12,17,20-21,23H,7,10,13-16H2. The molecule has 2 aliphatic rings. The maximum atomic E-state index is 12.9. The molecule has 3 atom stereocenters. The van der Waals surface area contributed by atoms with Gasteiger partial charge in [-0.3, -0.25) is 4.79 Å². The minimum Gasteiger partial charge on any atom is -0.496 e. The van der Waals surface area contributed by atoms with Crippen molar-refractivity contribution >= 4 is 11.4 Å². The van der Waals surface area contributed by atoms with Crippen LogP contribution in [-0.4, -0.2) is 24.6 Å². The Morgan fingerprint density at radius 2 is 1.70 bits per heavy atom. The van der Waals surface area contributed by atoms with Crippen LogP contribution in [0, 0.1) is 5.92 Å². The molecule has 140 valence electrons. The third-order valence-electron chi connectivity index (χ3n) is 5.60. The number of allylic oxidation sites excluding steroid dienone is 1. The van der Waals surface area contributed by atoms with Crippen LogP contribution < -0.4 is 0 Å². The monoisotopic (exact) mass is 362 g/mol. The van der Waals surface area contributed by atoms with Gasteiger partial charge in [-0.25, -0.2) is 0 Å². The van der Waals surface area contributed by atoms with Crippen LogP contribution in [0.2, 0.25) is 0 Å². The Bertz CT molecular complexity index is 782. The average Bonchev–Trinajstić information content (AvgIpc) is 2.73. The van der Waals surface area contributed by atoms with E-state index in [4.69, 9.17) is 9.47 Å². The van der Waals surface area contributed by atoms with Crippen molar-refractivity contribution in [2.75, 3.05) is 6.61 Å². The van der Waals surface area contributed by atoms with E-state index in [1.54, 1.807) is 6.26 Å². The largest absolute Gasteiger partial charge is 0.496 e. The number of ether oxygens (including phenoxy) is 2. The van der Waals surface area contributed by atoms with Crippen LogP contribution in [0.5, 0.6) is 0 Å². The fraction of sp³-hybridized carbons (Fsp3) is 0.375. The number of hydrogen-bond donors (Lipinski definition) is 0. The molecule has 0 bridgehead atoms. The van der Waals surface area contributed by atoms with Gasteiger partial charge in [-0.05, 0) is 36.8 Å². The Hall–Kier alpha value is -2.39. The summed E-state index contributed by atoms with van der Waals surface area (Å²) >= 11 is 0. The van der Waals surface area contributed by atoms with E-state index in [0.29, 0.717) is 5.57 Å². The number of aryl methyl sites for hydroxylation is 1. The first kappa shape index (κ1) is 18.0. The van der Waals surface area contributed by atoms with E-state index in [9.17, 15) is 4.79 Å². The zero-order valence-corrected chi connectivity index (χ0v) is 15.6. The molecule has 0 amide bonds. The number of hydrogen-bond acceptors (Lipinski definition) is 3. The molecule has 0 aromatic heterocycles. The quantitative estimate of drug-likeness (QED) is 0.692. The number of benzene rings is 2. The van der Waals surface area contributed by atoms with Gasteiger partial charge in [0.05, 0.1) is 23.9 Å². The van der Waals surface area contributed by atoms with E-state index in [2.05, 4.69) is 24.3 Å². The van der Waals surface area contributed by atoms with Crippen molar-refractivity contribution in [3.8, 4) is 0 Å². The lowest BCUT2D eigenvalue weighted by Crippen LogP contribution is -2.41. The van der Waals surface area contributed by atoms with E-state index in [1.807, 2.05) is 36.4 Å². The molecule has 1 heterocycles.